The predicted molar refractivity (Wildman–Crippen MR) is 76.7 cm³/mol. The standard InChI is InChI=1S/C16H32O2/c1-5-6-13-7-9-14(10-8-13)15(17)11-12-16(2,3)18-4/h13-15,17H,5-12H2,1-4H3. The van der Waals surface area contributed by atoms with Crippen LogP contribution in [-0.4, -0.2) is 23.9 Å². The Labute approximate surface area is 113 Å². The van der Waals surface area contributed by atoms with Gasteiger partial charge in [-0.15, -0.1) is 0 Å². The zero-order valence-corrected chi connectivity index (χ0v) is 12.7. The third-order valence-electron chi connectivity index (χ3n) is 4.73. The molecule has 1 atom stereocenters. The van der Waals surface area contributed by atoms with Gasteiger partial charge in [0.05, 0.1) is 11.7 Å². The number of aliphatic hydroxyl groups is 1. The first-order valence-corrected chi connectivity index (χ1v) is 7.71. The Balaban J connectivity index is 2.25. The summed E-state index contributed by atoms with van der Waals surface area (Å²) in [6, 6.07) is 0. The minimum atomic E-state index is -0.123. The van der Waals surface area contributed by atoms with Crippen LogP contribution in [0.15, 0.2) is 0 Å². The van der Waals surface area contributed by atoms with Gasteiger partial charge in [-0.1, -0.05) is 32.6 Å². The summed E-state index contributed by atoms with van der Waals surface area (Å²) in [7, 11) is 1.75. The molecule has 1 saturated carbocycles. The lowest BCUT2D eigenvalue weighted by molar-refractivity contribution is -0.00873. The van der Waals surface area contributed by atoms with E-state index in [1.54, 1.807) is 7.11 Å². The van der Waals surface area contributed by atoms with Gasteiger partial charge in [0.25, 0.3) is 0 Å². The van der Waals surface area contributed by atoms with Gasteiger partial charge in [-0.05, 0) is 51.4 Å². The molecular formula is C16H32O2. The second kappa shape index (κ2) is 7.49. The monoisotopic (exact) mass is 256 g/mol. The van der Waals surface area contributed by atoms with Crippen molar-refractivity contribution in [3.8, 4) is 0 Å². The number of ether oxygens (including phenoxy) is 1. The summed E-state index contributed by atoms with van der Waals surface area (Å²) in [4.78, 5) is 0. The molecule has 2 nitrogen and oxygen atoms in total. The minimum Gasteiger partial charge on any atom is -0.393 e. The molecule has 1 aliphatic rings. The van der Waals surface area contributed by atoms with Crippen LogP contribution in [0.4, 0.5) is 0 Å². The summed E-state index contributed by atoms with van der Waals surface area (Å²) in [6.07, 6.45) is 9.47. The summed E-state index contributed by atoms with van der Waals surface area (Å²) in [5.74, 6) is 1.46. The number of hydrogen-bond donors (Lipinski definition) is 1. The van der Waals surface area contributed by atoms with Crippen molar-refractivity contribution < 1.29 is 9.84 Å². The maximum absolute atomic E-state index is 10.3. The van der Waals surface area contributed by atoms with Crippen LogP contribution in [0.1, 0.15) is 72.1 Å². The number of rotatable bonds is 7. The smallest absolute Gasteiger partial charge is 0.0623 e. The van der Waals surface area contributed by atoms with Crippen LogP contribution in [0.3, 0.4) is 0 Å². The Hall–Kier alpha value is -0.0800. The van der Waals surface area contributed by atoms with Gasteiger partial charge in [0, 0.05) is 7.11 Å². The summed E-state index contributed by atoms with van der Waals surface area (Å²) < 4.78 is 5.41. The molecule has 108 valence electrons. The van der Waals surface area contributed by atoms with Gasteiger partial charge in [0.1, 0.15) is 0 Å². The Morgan fingerprint density at radius 3 is 2.33 bits per heavy atom. The molecule has 0 bridgehead atoms. The first-order valence-electron chi connectivity index (χ1n) is 7.71. The van der Waals surface area contributed by atoms with E-state index in [-0.39, 0.29) is 11.7 Å². The molecule has 1 unspecified atom stereocenters. The van der Waals surface area contributed by atoms with E-state index < -0.39 is 0 Å². The molecule has 0 spiro atoms. The molecular weight excluding hydrogens is 224 g/mol. The highest BCUT2D eigenvalue weighted by Crippen LogP contribution is 2.34. The second-order valence-electron chi connectivity index (χ2n) is 6.64. The first-order chi connectivity index (χ1) is 8.48. The quantitative estimate of drug-likeness (QED) is 0.741. The molecule has 0 aromatic rings. The van der Waals surface area contributed by atoms with Gasteiger partial charge in [-0.2, -0.15) is 0 Å². The number of hydrogen-bond acceptors (Lipinski definition) is 2. The van der Waals surface area contributed by atoms with E-state index in [2.05, 4.69) is 20.8 Å². The van der Waals surface area contributed by atoms with Crippen molar-refractivity contribution in [2.45, 2.75) is 83.8 Å². The van der Waals surface area contributed by atoms with E-state index in [0.717, 1.165) is 18.8 Å². The van der Waals surface area contributed by atoms with Crippen LogP contribution in [0.2, 0.25) is 0 Å². The van der Waals surface area contributed by atoms with E-state index in [1.165, 1.54) is 38.5 Å². The summed E-state index contributed by atoms with van der Waals surface area (Å²) in [5, 5.41) is 10.3. The highest BCUT2D eigenvalue weighted by molar-refractivity contribution is 4.79. The second-order valence-corrected chi connectivity index (χ2v) is 6.64. The zero-order valence-electron chi connectivity index (χ0n) is 12.7. The van der Waals surface area contributed by atoms with Gasteiger partial charge in [-0.25, -0.2) is 0 Å². The summed E-state index contributed by atoms with van der Waals surface area (Å²) >= 11 is 0. The molecule has 0 aromatic carbocycles. The van der Waals surface area contributed by atoms with Gasteiger partial charge in [-0.3, -0.25) is 0 Å². The maximum Gasteiger partial charge on any atom is 0.0623 e. The highest BCUT2D eigenvalue weighted by atomic mass is 16.5. The van der Waals surface area contributed by atoms with Crippen molar-refractivity contribution in [1.29, 1.82) is 0 Å². The van der Waals surface area contributed by atoms with Gasteiger partial charge in [0.2, 0.25) is 0 Å². The molecule has 0 radical (unpaired) electrons. The van der Waals surface area contributed by atoms with Gasteiger partial charge < -0.3 is 9.84 Å². The Morgan fingerprint density at radius 1 is 1.22 bits per heavy atom. The average Bonchev–Trinajstić information content (AvgIpc) is 2.37. The fourth-order valence-corrected chi connectivity index (χ4v) is 3.10. The van der Waals surface area contributed by atoms with Crippen LogP contribution >= 0.6 is 0 Å². The van der Waals surface area contributed by atoms with Crippen LogP contribution in [-0.2, 0) is 4.74 Å². The van der Waals surface area contributed by atoms with Gasteiger partial charge >= 0.3 is 0 Å². The van der Waals surface area contributed by atoms with E-state index >= 15 is 0 Å². The van der Waals surface area contributed by atoms with Crippen LogP contribution < -0.4 is 0 Å². The third-order valence-corrected chi connectivity index (χ3v) is 4.73. The summed E-state index contributed by atoms with van der Waals surface area (Å²) in [6.45, 7) is 6.46. The molecule has 0 amide bonds. The topological polar surface area (TPSA) is 29.5 Å². The highest BCUT2D eigenvalue weighted by Gasteiger charge is 2.27. The van der Waals surface area contributed by atoms with Crippen molar-refractivity contribution in [2.24, 2.45) is 11.8 Å². The first kappa shape index (κ1) is 16.0. The third kappa shape index (κ3) is 5.27. The average molecular weight is 256 g/mol. The molecule has 1 fully saturated rings. The molecule has 18 heavy (non-hydrogen) atoms. The molecule has 1 N–H and O–H groups in total. The fraction of sp³-hybridized carbons (Fsp3) is 1.00. The molecule has 0 aliphatic heterocycles. The number of aliphatic hydroxyl groups excluding tert-OH is 1. The maximum atomic E-state index is 10.3. The van der Waals surface area contributed by atoms with Crippen LogP contribution in [0, 0.1) is 11.8 Å². The molecule has 0 aromatic heterocycles. The van der Waals surface area contributed by atoms with E-state index in [9.17, 15) is 5.11 Å². The fourth-order valence-electron chi connectivity index (χ4n) is 3.10. The van der Waals surface area contributed by atoms with Crippen molar-refractivity contribution in [3.63, 3.8) is 0 Å². The summed E-state index contributed by atoms with van der Waals surface area (Å²) in [5.41, 5.74) is -0.0968. The van der Waals surface area contributed by atoms with Crippen molar-refractivity contribution >= 4 is 0 Å². The lowest BCUT2D eigenvalue weighted by Gasteiger charge is -2.33. The van der Waals surface area contributed by atoms with Crippen molar-refractivity contribution in [1.82, 2.24) is 0 Å². The molecule has 1 rings (SSSR count). The largest absolute Gasteiger partial charge is 0.393 e. The predicted octanol–water partition coefficient (Wildman–Crippen LogP) is 4.16. The Kier molecular flexibility index (Phi) is 6.65. The van der Waals surface area contributed by atoms with E-state index in [0.29, 0.717) is 5.92 Å². The Morgan fingerprint density at radius 2 is 1.83 bits per heavy atom. The Bertz CT molecular complexity index is 217. The minimum absolute atomic E-state index is 0.0968. The molecule has 0 saturated heterocycles. The molecule has 1 aliphatic carbocycles. The van der Waals surface area contributed by atoms with Crippen LogP contribution in [0.5, 0.6) is 0 Å². The van der Waals surface area contributed by atoms with Crippen LogP contribution in [0.25, 0.3) is 0 Å². The number of methoxy groups -OCH3 is 1. The lowest BCUT2D eigenvalue weighted by Crippen LogP contribution is -2.29. The normalized spacial score (nSPS) is 27.2. The molecule has 2 heteroatoms. The van der Waals surface area contributed by atoms with E-state index in [1.807, 2.05) is 0 Å². The van der Waals surface area contributed by atoms with Crippen molar-refractivity contribution in [3.05, 3.63) is 0 Å². The van der Waals surface area contributed by atoms with Gasteiger partial charge in [0.15, 0.2) is 0 Å². The molecule has 0 heterocycles. The van der Waals surface area contributed by atoms with Crippen molar-refractivity contribution in [2.75, 3.05) is 7.11 Å². The zero-order chi connectivity index (χ0) is 13.6. The van der Waals surface area contributed by atoms with E-state index in [4.69, 9.17) is 4.74 Å². The SMILES string of the molecule is CCCC1CCC(C(O)CCC(C)(C)OC)CC1. The lowest BCUT2D eigenvalue weighted by atomic mass is 9.76.